The Bertz CT molecular complexity index is 707. The average molecular weight is 389 g/mol. The monoisotopic (exact) mass is 389 g/mol. The largest absolute Gasteiger partial charge is 0.220 e. The van der Waals surface area contributed by atoms with Gasteiger partial charge in [-0.3, -0.25) is 0 Å². The Morgan fingerprint density at radius 3 is 2.62 bits per heavy atom. The molecule has 106 valence electrons. The molecule has 0 amide bonds. The molecule has 0 saturated heterocycles. The second kappa shape index (κ2) is 6.85. The molecule has 0 aliphatic heterocycles. The second-order valence-electron chi connectivity index (χ2n) is 4.97. The van der Waals surface area contributed by atoms with Gasteiger partial charge in [-0.1, -0.05) is 41.6 Å². The van der Waals surface area contributed by atoms with Crippen LogP contribution < -0.4 is 0 Å². The first-order chi connectivity index (χ1) is 10.3. The Morgan fingerprint density at radius 2 is 1.81 bits per heavy atom. The van der Waals surface area contributed by atoms with Crippen LogP contribution in [0.25, 0.3) is 5.69 Å². The molecule has 3 nitrogen and oxygen atoms in total. The number of hydrogen-bond acceptors (Lipinski definition) is 2. The lowest BCUT2D eigenvalue weighted by atomic mass is 10.1. The van der Waals surface area contributed by atoms with Crippen LogP contribution >= 0.6 is 22.6 Å². The molecule has 0 saturated carbocycles. The highest BCUT2D eigenvalue weighted by molar-refractivity contribution is 14.1. The fraction of sp³-hybridized carbons (Fsp3) is 0.176. The van der Waals surface area contributed by atoms with Crippen LogP contribution in [0.2, 0.25) is 0 Å². The van der Waals surface area contributed by atoms with E-state index in [9.17, 15) is 0 Å². The average Bonchev–Trinajstić information content (AvgIpc) is 2.97. The topological polar surface area (TPSA) is 30.7 Å². The predicted molar refractivity (Wildman–Crippen MR) is 92.5 cm³/mol. The number of benzene rings is 2. The third-order valence-corrected chi connectivity index (χ3v) is 4.03. The van der Waals surface area contributed by atoms with Gasteiger partial charge in [0.15, 0.2) is 0 Å². The Kier molecular flexibility index (Phi) is 4.65. The van der Waals surface area contributed by atoms with Crippen molar-refractivity contribution in [1.29, 1.82) is 0 Å². The molecule has 0 unspecified atom stereocenters. The standard InChI is InChI=1S/C17H16IN3/c18-15-9-5-11-17(12-15)21-13-16(19-20-21)10-4-8-14-6-2-1-3-7-14/h1-3,5-7,9,11-13H,4,8,10H2. The van der Waals surface area contributed by atoms with Crippen LogP contribution in [0.4, 0.5) is 0 Å². The molecule has 0 aliphatic rings. The lowest BCUT2D eigenvalue weighted by Gasteiger charge is -2.00. The zero-order chi connectivity index (χ0) is 14.5. The summed E-state index contributed by atoms with van der Waals surface area (Å²) in [4.78, 5) is 0. The van der Waals surface area contributed by atoms with E-state index in [1.165, 1.54) is 9.13 Å². The smallest absolute Gasteiger partial charge is 0.0831 e. The number of aromatic nitrogens is 3. The molecule has 1 aromatic heterocycles. The summed E-state index contributed by atoms with van der Waals surface area (Å²) < 4.78 is 3.05. The molecule has 2 aromatic carbocycles. The van der Waals surface area contributed by atoms with Crippen molar-refractivity contribution in [3.8, 4) is 5.69 Å². The van der Waals surface area contributed by atoms with Crippen LogP contribution in [0.15, 0.2) is 60.8 Å². The highest BCUT2D eigenvalue weighted by Crippen LogP contribution is 2.12. The van der Waals surface area contributed by atoms with Gasteiger partial charge in [-0.25, -0.2) is 4.68 Å². The lowest BCUT2D eigenvalue weighted by Crippen LogP contribution is -1.94. The van der Waals surface area contributed by atoms with Gasteiger partial charge in [0.05, 0.1) is 17.6 Å². The summed E-state index contributed by atoms with van der Waals surface area (Å²) in [6.45, 7) is 0. The molecule has 0 atom stereocenters. The maximum absolute atomic E-state index is 4.26. The molecule has 4 heteroatoms. The number of aryl methyl sites for hydroxylation is 2. The van der Waals surface area contributed by atoms with E-state index in [1.807, 2.05) is 23.0 Å². The molecule has 0 spiro atoms. The van der Waals surface area contributed by atoms with Gasteiger partial charge >= 0.3 is 0 Å². The van der Waals surface area contributed by atoms with Crippen molar-refractivity contribution in [2.24, 2.45) is 0 Å². The van der Waals surface area contributed by atoms with Crippen molar-refractivity contribution in [3.63, 3.8) is 0 Å². The fourth-order valence-electron chi connectivity index (χ4n) is 2.28. The Hall–Kier alpha value is -1.69. The highest BCUT2D eigenvalue weighted by atomic mass is 127. The maximum atomic E-state index is 4.26. The van der Waals surface area contributed by atoms with Gasteiger partial charge in [0.1, 0.15) is 0 Å². The first-order valence-corrected chi connectivity index (χ1v) is 8.10. The normalized spacial score (nSPS) is 10.7. The Morgan fingerprint density at radius 1 is 0.952 bits per heavy atom. The van der Waals surface area contributed by atoms with Crippen LogP contribution in [0, 0.1) is 3.57 Å². The molecule has 3 aromatic rings. The molecule has 0 radical (unpaired) electrons. The number of hydrogen-bond donors (Lipinski definition) is 0. The highest BCUT2D eigenvalue weighted by Gasteiger charge is 2.03. The van der Waals surface area contributed by atoms with E-state index >= 15 is 0 Å². The molecular formula is C17H16IN3. The summed E-state index contributed by atoms with van der Waals surface area (Å²) >= 11 is 2.31. The van der Waals surface area contributed by atoms with Crippen molar-refractivity contribution in [1.82, 2.24) is 15.0 Å². The van der Waals surface area contributed by atoms with Gasteiger partial charge in [-0.15, -0.1) is 5.10 Å². The molecule has 1 heterocycles. The minimum atomic E-state index is 0.957. The minimum Gasteiger partial charge on any atom is -0.220 e. The third kappa shape index (κ3) is 3.91. The third-order valence-electron chi connectivity index (χ3n) is 3.35. The van der Waals surface area contributed by atoms with Gasteiger partial charge in [0, 0.05) is 3.57 Å². The SMILES string of the molecule is Ic1cccc(-n2cc(CCCc3ccccc3)nn2)c1. The van der Waals surface area contributed by atoms with Gasteiger partial charge < -0.3 is 0 Å². The molecular weight excluding hydrogens is 373 g/mol. The maximum Gasteiger partial charge on any atom is 0.0831 e. The quantitative estimate of drug-likeness (QED) is 0.617. The van der Waals surface area contributed by atoms with Crippen LogP contribution in [0.3, 0.4) is 0 Å². The number of halogens is 1. The Labute approximate surface area is 138 Å². The Balaban J connectivity index is 1.60. The summed E-state index contributed by atoms with van der Waals surface area (Å²) in [5, 5.41) is 8.48. The fourth-order valence-corrected chi connectivity index (χ4v) is 2.80. The van der Waals surface area contributed by atoms with Crippen molar-refractivity contribution in [2.45, 2.75) is 19.3 Å². The molecule has 3 rings (SSSR count). The van der Waals surface area contributed by atoms with E-state index < -0.39 is 0 Å². The molecule has 0 aliphatic carbocycles. The summed E-state index contributed by atoms with van der Waals surface area (Å²) in [5.74, 6) is 0. The zero-order valence-electron chi connectivity index (χ0n) is 11.6. The first-order valence-electron chi connectivity index (χ1n) is 7.02. The first kappa shape index (κ1) is 14.3. The van der Waals surface area contributed by atoms with Crippen LogP contribution in [0.1, 0.15) is 17.7 Å². The van der Waals surface area contributed by atoms with Crippen LogP contribution in [0.5, 0.6) is 0 Å². The zero-order valence-corrected chi connectivity index (χ0v) is 13.8. The van der Waals surface area contributed by atoms with E-state index in [0.29, 0.717) is 0 Å². The van der Waals surface area contributed by atoms with E-state index in [1.54, 1.807) is 0 Å². The predicted octanol–water partition coefficient (Wildman–Crippen LogP) is 4.05. The van der Waals surface area contributed by atoms with Crippen molar-refractivity contribution >= 4 is 22.6 Å². The summed E-state index contributed by atoms with van der Waals surface area (Å²) in [6.07, 6.45) is 5.15. The second-order valence-corrected chi connectivity index (χ2v) is 6.22. The summed E-state index contributed by atoms with van der Waals surface area (Å²) in [7, 11) is 0. The molecule has 0 N–H and O–H groups in total. The van der Waals surface area contributed by atoms with Gasteiger partial charge in [-0.2, -0.15) is 0 Å². The van der Waals surface area contributed by atoms with Crippen molar-refractivity contribution in [3.05, 3.63) is 75.6 Å². The van der Waals surface area contributed by atoms with Gasteiger partial charge in [-0.05, 0) is 65.6 Å². The van der Waals surface area contributed by atoms with Gasteiger partial charge in [0.2, 0.25) is 0 Å². The van der Waals surface area contributed by atoms with E-state index in [-0.39, 0.29) is 0 Å². The number of rotatable bonds is 5. The van der Waals surface area contributed by atoms with Crippen molar-refractivity contribution in [2.75, 3.05) is 0 Å². The molecule has 21 heavy (non-hydrogen) atoms. The summed E-state index contributed by atoms with van der Waals surface area (Å²) in [5.41, 5.74) is 3.48. The van der Waals surface area contributed by atoms with E-state index in [2.05, 4.69) is 75.4 Å². The molecule has 0 fully saturated rings. The van der Waals surface area contributed by atoms with Crippen LogP contribution in [-0.2, 0) is 12.8 Å². The minimum absolute atomic E-state index is 0.957. The van der Waals surface area contributed by atoms with E-state index in [4.69, 9.17) is 0 Å². The van der Waals surface area contributed by atoms with E-state index in [0.717, 1.165) is 30.6 Å². The lowest BCUT2D eigenvalue weighted by molar-refractivity contribution is 0.773. The van der Waals surface area contributed by atoms with Crippen molar-refractivity contribution < 1.29 is 0 Å². The summed E-state index contributed by atoms with van der Waals surface area (Å²) in [6, 6.07) is 18.8. The van der Waals surface area contributed by atoms with Crippen LogP contribution in [-0.4, -0.2) is 15.0 Å². The number of nitrogens with zero attached hydrogens (tertiary/aromatic N) is 3. The van der Waals surface area contributed by atoms with Gasteiger partial charge in [0.25, 0.3) is 0 Å². The molecule has 0 bridgehead atoms.